The molecule has 11 heavy (non-hydrogen) atoms. The van der Waals surface area contributed by atoms with Crippen LogP contribution in [0.5, 0.6) is 0 Å². The second-order valence-electron chi connectivity index (χ2n) is 3.60. The summed E-state index contributed by atoms with van der Waals surface area (Å²) in [6.07, 6.45) is 4.37. The Kier molecular flexibility index (Phi) is 2.93. The second-order valence-corrected chi connectivity index (χ2v) is 3.60. The van der Waals surface area contributed by atoms with E-state index >= 15 is 0 Å². The third-order valence-corrected chi connectivity index (χ3v) is 3.19. The van der Waals surface area contributed by atoms with Gasteiger partial charge in [-0.3, -0.25) is 0 Å². The smallest absolute Gasteiger partial charge is 0.165 e. The first-order valence-corrected chi connectivity index (χ1v) is 4.39. The van der Waals surface area contributed by atoms with Gasteiger partial charge >= 0.3 is 0 Å². The number of hydrogen-bond donors (Lipinski definition) is 3. The van der Waals surface area contributed by atoms with Gasteiger partial charge in [0.25, 0.3) is 0 Å². The Morgan fingerprint density at radius 3 is 2.18 bits per heavy atom. The van der Waals surface area contributed by atoms with Gasteiger partial charge < -0.3 is 17.2 Å². The number of nitrogens with two attached hydrogens (primary N) is 3. The first-order chi connectivity index (χ1) is 5.29. The van der Waals surface area contributed by atoms with E-state index in [4.69, 9.17) is 17.2 Å². The maximum atomic E-state index is 5.71. The van der Waals surface area contributed by atoms with Crippen molar-refractivity contribution in [1.29, 1.82) is 0 Å². The molecular weight excluding hydrogens is 137 g/mol. The second kappa shape index (κ2) is 3.56. The zero-order chi connectivity index (χ0) is 8.32. The molecule has 0 saturated carbocycles. The monoisotopic (exact) mass is 155 g/mol. The van der Waals surface area contributed by atoms with Crippen molar-refractivity contribution in [2.75, 3.05) is 19.5 Å². The average molecular weight is 155 g/mol. The van der Waals surface area contributed by atoms with Crippen molar-refractivity contribution in [3.8, 4) is 0 Å². The van der Waals surface area contributed by atoms with Gasteiger partial charge in [0.15, 0.2) is 6.71 Å². The Morgan fingerprint density at radius 2 is 1.82 bits per heavy atom. The van der Waals surface area contributed by atoms with E-state index in [9.17, 15) is 0 Å². The van der Waals surface area contributed by atoms with Crippen molar-refractivity contribution >= 4 is 6.71 Å². The lowest BCUT2D eigenvalue weighted by Crippen LogP contribution is -2.44. The third-order valence-electron chi connectivity index (χ3n) is 3.19. The summed E-state index contributed by atoms with van der Waals surface area (Å²) >= 11 is 0. The van der Waals surface area contributed by atoms with Crippen LogP contribution in [-0.2, 0) is 0 Å². The topological polar surface area (TPSA) is 78.1 Å². The Hall–Kier alpha value is -0.0551. The van der Waals surface area contributed by atoms with Crippen molar-refractivity contribution < 1.29 is 0 Å². The first-order valence-electron chi connectivity index (χ1n) is 4.39. The molecule has 0 spiro atoms. The molecule has 1 aliphatic heterocycles. The van der Waals surface area contributed by atoms with Crippen LogP contribution in [0.4, 0.5) is 0 Å². The van der Waals surface area contributed by atoms with Gasteiger partial charge in [0.05, 0.1) is 0 Å². The molecule has 64 valence electrons. The summed E-state index contributed by atoms with van der Waals surface area (Å²) < 4.78 is 0. The fourth-order valence-corrected chi connectivity index (χ4v) is 2.20. The van der Waals surface area contributed by atoms with E-state index in [1.807, 2.05) is 0 Å². The molecule has 6 N–H and O–H groups in total. The van der Waals surface area contributed by atoms with Crippen molar-refractivity contribution in [2.24, 2.45) is 17.2 Å². The zero-order valence-electron chi connectivity index (χ0n) is 7.05. The molecule has 4 heteroatoms. The molecular formula is C7H18BN3. The maximum absolute atomic E-state index is 5.71. The van der Waals surface area contributed by atoms with Gasteiger partial charge in [0.1, 0.15) is 0 Å². The molecule has 0 aromatic heterocycles. The van der Waals surface area contributed by atoms with Crippen LogP contribution in [0.15, 0.2) is 0 Å². The van der Waals surface area contributed by atoms with Crippen LogP contribution in [0.3, 0.4) is 0 Å². The molecule has 0 unspecified atom stereocenters. The molecule has 0 aromatic carbocycles. The number of rotatable bonds is 3. The van der Waals surface area contributed by atoms with E-state index in [0.29, 0.717) is 19.8 Å². The lowest BCUT2D eigenvalue weighted by Gasteiger charge is -2.30. The molecule has 0 radical (unpaired) electrons. The largest absolute Gasteiger partial charge is 0.337 e. The summed E-state index contributed by atoms with van der Waals surface area (Å²) in [6.45, 7) is 1.97. The normalized spacial score (nSPS) is 22.6. The molecule has 1 saturated heterocycles. The van der Waals surface area contributed by atoms with Crippen LogP contribution >= 0.6 is 0 Å². The zero-order valence-corrected chi connectivity index (χ0v) is 7.05. The summed E-state index contributed by atoms with van der Waals surface area (Å²) in [7, 11) is 0. The predicted octanol–water partition coefficient (Wildman–Crippen LogP) is -0.569. The van der Waals surface area contributed by atoms with Gasteiger partial charge in [0.2, 0.25) is 0 Å². The van der Waals surface area contributed by atoms with Gasteiger partial charge in [-0.25, -0.2) is 0 Å². The molecule has 3 nitrogen and oxygen atoms in total. The molecule has 1 rings (SSSR count). The Bertz CT molecular complexity index is 125. The van der Waals surface area contributed by atoms with E-state index in [1.54, 1.807) is 0 Å². The predicted molar refractivity (Wildman–Crippen MR) is 49.7 cm³/mol. The summed E-state index contributed by atoms with van der Waals surface area (Å²) in [5.41, 5.74) is 17.1. The lowest BCUT2D eigenvalue weighted by molar-refractivity contribution is 0.544. The summed E-state index contributed by atoms with van der Waals surface area (Å²) in [6, 6.07) is 0. The molecule has 1 aliphatic rings. The minimum absolute atomic E-state index is 0.175. The van der Waals surface area contributed by atoms with Crippen LogP contribution in [0.1, 0.15) is 12.8 Å². The fourth-order valence-electron chi connectivity index (χ4n) is 2.20. The summed E-state index contributed by atoms with van der Waals surface area (Å²) in [5, 5.41) is 0.175. The van der Waals surface area contributed by atoms with Gasteiger partial charge in [-0.1, -0.05) is 19.2 Å². The molecule has 1 fully saturated rings. The van der Waals surface area contributed by atoms with E-state index in [2.05, 4.69) is 0 Å². The van der Waals surface area contributed by atoms with E-state index in [1.165, 1.54) is 19.2 Å². The minimum Gasteiger partial charge on any atom is -0.337 e. The van der Waals surface area contributed by atoms with E-state index in [-0.39, 0.29) is 5.31 Å². The van der Waals surface area contributed by atoms with E-state index in [0.717, 1.165) is 6.44 Å². The molecule has 0 amide bonds. The van der Waals surface area contributed by atoms with Gasteiger partial charge in [-0.05, 0) is 24.8 Å². The molecule has 0 bridgehead atoms. The highest BCUT2D eigenvalue weighted by atomic mass is 14.7. The Labute approximate surface area is 68.8 Å². The molecule has 1 heterocycles. The fraction of sp³-hybridized carbons (Fsp3) is 1.00. The van der Waals surface area contributed by atoms with Gasteiger partial charge in [0, 0.05) is 0 Å². The molecule has 0 atom stereocenters. The van der Waals surface area contributed by atoms with Crippen LogP contribution in [0.25, 0.3) is 0 Å². The molecule has 0 aliphatic carbocycles. The summed E-state index contributed by atoms with van der Waals surface area (Å²) in [5.74, 6) is 0. The van der Waals surface area contributed by atoms with Crippen LogP contribution in [0, 0.1) is 0 Å². The molecule has 0 aromatic rings. The quantitative estimate of drug-likeness (QED) is 0.477. The first kappa shape index (κ1) is 9.04. The van der Waals surface area contributed by atoms with Gasteiger partial charge in [-0.15, -0.1) is 0 Å². The average Bonchev–Trinajstić information content (AvgIpc) is 2.47. The Morgan fingerprint density at radius 1 is 1.18 bits per heavy atom. The van der Waals surface area contributed by atoms with Gasteiger partial charge in [-0.2, -0.15) is 0 Å². The highest BCUT2D eigenvalue weighted by Gasteiger charge is 2.42. The Balaban J connectivity index is 2.63. The van der Waals surface area contributed by atoms with Crippen molar-refractivity contribution in [3.05, 3.63) is 0 Å². The van der Waals surface area contributed by atoms with Crippen LogP contribution in [-0.4, -0.2) is 26.2 Å². The SMILES string of the molecule is NCB1CCCC1(CN)CN. The van der Waals surface area contributed by atoms with E-state index < -0.39 is 0 Å². The van der Waals surface area contributed by atoms with Crippen molar-refractivity contribution in [1.82, 2.24) is 0 Å². The maximum Gasteiger partial charge on any atom is 0.165 e. The summed E-state index contributed by atoms with van der Waals surface area (Å²) in [4.78, 5) is 0. The highest BCUT2D eigenvalue weighted by Crippen LogP contribution is 2.41. The highest BCUT2D eigenvalue weighted by molar-refractivity contribution is 6.63. The van der Waals surface area contributed by atoms with Crippen LogP contribution < -0.4 is 17.2 Å². The van der Waals surface area contributed by atoms with Crippen LogP contribution in [0.2, 0.25) is 11.6 Å². The standard InChI is InChI=1S/C7H18BN3/c9-4-7(5-10)2-1-3-8(7)6-11/h1-6,9-11H2. The van der Waals surface area contributed by atoms with Crippen molar-refractivity contribution in [3.63, 3.8) is 0 Å². The van der Waals surface area contributed by atoms with Crippen molar-refractivity contribution in [2.45, 2.75) is 24.5 Å². The lowest BCUT2D eigenvalue weighted by atomic mass is 9.35. The third kappa shape index (κ3) is 1.43. The minimum atomic E-state index is 0.175. The number of hydrogen-bond acceptors (Lipinski definition) is 3.